The Kier molecular flexibility index (Phi) is 3.54. The van der Waals surface area contributed by atoms with Gasteiger partial charge in [-0.2, -0.15) is 5.10 Å². The van der Waals surface area contributed by atoms with Crippen molar-refractivity contribution in [2.45, 2.75) is 32.9 Å². The van der Waals surface area contributed by atoms with Gasteiger partial charge < -0.3 is 4.74 Å². The topological polar surface area (TPSA) is 70.7 Å². The van der Waals surface area contributed by atoms with Crippen LogP contribution in [0.2, 0.25) is 0 Å². The van der Waals surface area contributed by atoms with E-state index in [0.717, 1.165) is 44.0 Å². The summed E-state index contributed by atoms with van der Waals surface area (Å²) in [5.41, 5.74) is 1.14. The van der Waals surface area contributed by atoms with Gasteiger partial charge in [-0.1, -0.05) is 0 Å². The van der Waals surface area contributed by atoms with Crippen LogP contribution in [0, 0.1) is 12.8 Å². The summed E-state index contributed by atoms with van der Waals surface area (Å²) in [4.78, 5) is 0. The van der Waals surface area contributed by atoms with E-state index in [-0.39, 0.29) is 0 Å². The molecule has 1 aliphatic rings. The lowest BCUT2D eigenvalue weighted by atomic mass is 10.0. The van der Waals surface area contributed by atoms with Crippen molar-refractivity contribution in [2.24, 2.45) is 5.92 Å². The lowest BCUT2D eigenvalue weighted by Gasteiger charge is -2.21. The van der Waals surface area contributed by atoms with Gasteiger partial charge in [0.2, 0.25) is 0 Å². The second-order valence-corrected chi connectivity index (χ2v) is 5.05. The van der Waals surface area contributed by atoms with Gasteiger partial charge in [-0.25, -0.2) is 4.68 Å². The molecular weight excluding hydrogens is 244 g/mol. The van der Waals surface area contributed by atoms with Crippen LogP contribution in [0.3, 0.4) is 0 Å². The monoisotopic (exact) mass is 262 g/mol. The highest BCUT2D eigenvalue weighted by atomic mass is 16.5. The Hall–Kier alpha value is -1.76. The minimum atomic E-state index is 0.607. The van der Waals surface area contributed by atoms with Gasteiger partial charge in [-0.3, -0.25) is 4.68 Å². The van der Waals surface area contributed by atoms with Crippen LogP contribution in [0.15, 0.2) is 12.4 Å². The third kappa shape index (κ3) is 2.98. The number of hydrogen-bond donors (Lipinski definition) is 0. The van der Waals surface area contributed by atoms with Gasteiger partial charge in [0.25, 0.3) is 0 Å². The number of tetrazole rings is 1. The minimum absolute atomic E-state index is 0.607. The van der Waals surface area contributed by atoms with Crippen molar-refractivity contribution in [1.82, 2.24) is 30.0 Å². The summed E-state index contributed by atoms with van der Waals surface area (Å²) in [6.07, 6.45) is 6.00. The van der Waals surface area contributed by atoms with Gasteiger partial charge in [0.15, 0.2) is 5.82 Å². The van der Waals surface area contributed by atoms with Crippen LogP contribution in [0.4, 0.5) is 0 Å². The van der Waals surface area contributed by atoms with E-state index in [9.17, 15) is 0 Å². The molecule has 3 heterocycles. The molecular formula is C12H18N6O. The Morgan fingerprint density at radius 2 is 2.21 bits per heavy atom. The van der Waals surface area contributed by atoms with Gasteiger partial charge in [0, 0.05) is 26.0 Å². The molecule has 0 radical (unpaired) electrons. The quantitative estimate of drug-likeness (QED) is 0.809. The summed E-state index contributed by atoms with van der Waals surface area (Å²) in [6.45, 7) is 5.20. The van der Waals surface area contributed by atoms with Crippen LogP contribution in [0.1, 0.15) is 24.2 Å². The average molecular weight is 262 g/mol. The molecule has 0 spiro atoms. The molecule has 1 fully saturated rings. The fourth-order valence-electron chi connectivity index (χ4n) is 2.35. The highest BCUT2D eigenvalue weighted by molar-refractivity contribution is 5.00. The zero-order valence-electron chi connectivity index (χ0n) is 11.1. The maximum Gasteiger partial charge on any atom is 0.172 e. The fourth-order valence-corrected chi connectivity index (χ4v) is 2.35. The second kappa shape index (κ2) is 5.48. The van der Waals surface area contributed by atoms with Gasteiger partial charge in [-0.05, 0) is 41.7 Å². The van der Waals surface area contributed by atoms with Crippen molar-refractivity contribution in [3.05, 3.63) is 23.8 Å². The highest BCUT2D eigenvalue weighted by Gasteiger charge is 2.17. The first-order valence-electron chi connectivity index (χ1n) is 6.63. The molecule has 2 aromatic rings. The van der Waals surface area contributed by atoms with Crippen LogP contribution in [0.25, 0.3) is 0 Å². The molecule has 7 nitrogen and oxygen atoms in total. The summed E-state index contributed by atoms with van der Waals surface area (Å²) in [6, 6.07) is 0. The highest BCUT2D eigenvalue weighted by Crippen LogP contribution is 2.16. The number of ether oxygens (including phenoxy) is 1. The molecule has 102 valence electrons. The maximum atomic E-state index is 5.37. The molecule has 2 aromatic heterocycles. The zero-order chi connectivity index (χ0) is 13.1. The zero-order valence-corrected chi connectivity index (χ0v) is 11.1. The predicted molar refractivity (Wildman–Crippen MR) is 67.4 cm³/mol. The summed E-state index contributed by atoms with van der Waals surface area (Å²) >= 11 is 0. The van der Waals surface area contributed by atoms with Crippen LogP contribution in [-0.2, 0) is 17.8 Å². The van der Waals surface area contributed by atoms with Gasteiger partial charge in [0.1, 0.15) is 6.54 Å². The van der Waals surface area contributed by atoms with E-state index in [1.165, 1.54) is 0 Å². The Balaban J connectivity index is 1.67. The number of nitrogens with zero attached hydrogens (tertiary/aromatic N) is 6. The van der Waals surface area contributed by atoms with E-state index in [0.29, 0.717) is 12.5 Å². The first-order valence-corrected chi connectivity index (χ1v) is 6.63. The number of hydrogen-bond acceptors (Lipinski definition) is 5. The van der Waals surface area contributed by atoms with Crippen molar-refractivity contribution in [2.75, 3.05) is 13.2 Å². The van der Waals surface area contributed by atoms with Gasteiger partial charge in [-0.15, -0.1) is 5.10 Å². The Morgan fingerprint density at radius 3 is 2.95 bits per heavy atom. The summed E-state index contributed by atoms with van der Waals surface area (Å²) in [5, 5.41) is 16.2. The molecule has 0 aliphatic carbocycles. The third-order valence-corrected chi connectivity index (χ3v) is 3.44. The molecule has 0 unspecified atom stereocenters. The third-order valence-electron chi connectivity index (χ3n) is 3.44. The second-order valence-electron chi connectivity index (χ2n) is 5.05. The SMILES string of the molecule is Cc1cnn(Cc2nnnn2CC2CCOCC2)c1. The van der Waals surface area contributed by atoms with Crippen LogP contribution in [-0.4, -0.2) is 43.2 Å². The molecule has 0 atom stereocenters. The van der Waals surface area contributed by atoms with E-state index < -0.39 is 0 Å². The molecule has 0 saturated carbocycles. The van der Waals surface area contributed by atoms with Crippen molar-refractivity contribution in [3.8, 4) is 0 Å². The molecule has 19 heavy (non-hydrogen) atoms. The molecule has 3 rings (SSSR count). The standard InChI is InChI=1S/C12H18N6O/c1-10-6-13-17(7-10)9-12-14-15-16-18(12)8-11-2-4-19-5-3-11/h6-7,11H,2-5,8-9H2,1H3. The molecule has 1 saturated heterocycles. The van der Waals surface area contributed by atoms with Crippen molar-refractivity contribution in [1.29, 1.82) is 0 Å². The maximum absolute atomic E-state index is 5.37. The van der Waals surface area contributed by atoms with Crippen LogP contribution in [0.5, 0.6) is 0 Å². The van der Waals surface area contributed by atoms with Gasteiger partial charge >= 0.3 is 0 Å². The van der Waals surface area contributed by atoms with Gasteiger partial charge in [0.05, 0.1) is 6.20 Å². The molecule has 0 amide bonds. The summed E-state index contributed by atoms with van der Waals surface area (Å²) < 4.78 is 9.13. The predicted octanol–water partition coefficient (Wildman–Crippen LogP) is 0.653. The Bertz CT molecular complexity index is 528. The normalized spacial score (nSPS) is 16.9. The summed E-state index contributed by atoms with van der Waals surface area (Å²) in [7, 11) is 0. The van der Waals surface area contributed by atoms with Crippen molar-refractivity contribution >= 4 is 0 Å². The Labute approximate surface area is 111 Å². The van der Waals surface area contributed by atoms with E-state index in [1.54, 1.807) is 0 Å². The first kappa shape index (κ1) is 12.3. The minimum Gasteiger partial charge on any atom is -0.381 e. The molecule has 1 aliphatic heterocycles. The molecule has 0 aromatic carbocycles. The Morgan fingerprint density at radius 1 is 1.37 bits per heavy atom. The first-order chi connectivity index (χ1) is 9.31. The van der Waals surface area contributed by atoms with E-state index in [4.69, 9.17) is 4.74 Å². The fraction of sp³-hybridized carbons (Fsp3) is 0.667. The summed E-state index contributed by atoms with van der Waals surface area (Å²) in [5.74, 6) is 1.46. The van der Waals surface area contributed by atoms with E-state index >= 15 is 0 Å². The van der Waals surface area contributed by atoms with Crippen molar-refractivity contribution in [3.63, 3.8) is 0 Å². The average Bonchev–Trinajstić information content (AvgIpc) is 3.01. The van der Waals surface area contributed by atoms with Crippen LogP contribution < -0.4 is 0 Å². The smallest absolute Gasteiger partial charge is 0.172 e. The molecule has 0 bridgehead atoms. The number of rotatable bonds is 4. The van der Waals surface area contributed by atoms with E-state index in [1.807, 2.05) is 28.7 Å². The lowest BCUT2D eigenvalue weighted by molar-refractivity contribution is 0.0596. The number of aryl methyl sites for hydroxylation is 1. The molecule has 7 heteroatoms. The molecule has 0 N–H and O–H groups in total. The van der Waals surface area contributed by atoms with Crippen molar-refractivity contribution < 1.29 is 4.74 Å². The van der Waals surface area contributed by atoms with Crippen LogP contribution >= 0.6 is 0 Å². The lowest BCUT2D eigenvalue weighted by Crippen LogP contribution is -2.22. The van der Waals surface area contributed by atoms with E-state index in [2.05, 4.69) is 20.6 Å². The largest absolute Gasteiger partial charge is 0.381 e. The number of aromatic nitrogens is 6.